The van der Waals surface area contributed by atoms with Crippen molar-refractivity contribution in [1.29, 1.82) is 0 Å². The van der Waals surface area contributed by atoms with Gasteiger partial charge in [-0.25, -0.2) is 9.48 Å². The number of nitrogens with zero attached hydrogens (tertiary/aromatic N) is 2. The Kier molecular flexibility index (Phi) is 3.97. The standard InChI is InChI=1S/C10H13N3O4/c1-4-17-10(16)8-5-13(7(3)15)12-9(8)11-6(2)14/h5H,4H2,1-3H3,(H,11,12,14). The first-order chi connectivity index (χ1) is 7.95. The Balaban J connectivity index is 3.11. The number of ether oxygens (including phenoxy) is 1. The summed E-state index contributed by atoms with van der Waals surface area (Å²) in [5, 5.41) is 6.15. The second-order valence-electron chi connectivity index (χ2n) is 3.26. The number of rotatable bonds is 3. The molecule has 0 aromatic carbocycles. The molecule has 0 saturated heterocycles. The minimum Gasteiger partial charge on any atom is -0.462 e. The van der Waals surface area contributed by atoms with Gasteiger partial charge in [-0.2, -0.15) is 0 Å². The largest absolute Gasteiger partial charge is 0.462 e. The molecule has 0 unspecified atom stereocenters. The lowest BCUT2D eigenvalue weighted by Crippen LogP contribution is -2.12. The van der Waals surface area contributed by atoms with Crippen molar-refractivity contribution in [2.75, 3.05) is 11.9 Å². The van der Waals surface area contributed by atoms with Crippen molar-refractivity contribution in [2.24, 2.45) is 0 Å². The van der Waals surface area contributed by atoms with Crippen molar-refractivity contribution in [2.45, 2.75) is 20.8 Å². The Morgan fingerprint density at radius 3 is 2.53 bits per heavy atom. The molecule has 7 nitrogen and oxygen atoms in total. The van der Waals surface area contributed by atoms with Crippen LogP contribution >= 0.6 is 0 Å². The molecule has 1 aromatic rings. The number of esters is 1. The zero-order valence-corrected chi connectivity index (χ0v) is 9.81. The number of aromatic nitrogens is 2. The summed E-state index contributed by atoms with van der Waals surface area (Å²) in [6.45, 7) is 4.43. The van der Waals surface area contributed by atoms with Gasteiger partial charge in [-0.15, -0.1) is 5.10 Å². The topological polar surface area (TPSA) is 90.3 Å². The van der Waals surface area contributed by atoms with Gasteiger partial charge in [0.2, 0.25) is 11.8 Å². The lowest BCUT2D eigenvalue weighted by atomic mass is 10.3. The van der Waals surface area contributed by atoms with Gasteiger partial charge in [0.05, 0.1) is 12.8 Å². The van der Waals surface area contributed by atoms with Crippen molar-refractivity contribution >= 4 is 23.6 Å². The molecular weight excluding hydrogens is 226 g/mol. The zero-order valence-electron chi connectivity index (χ0n) is 9.81. The van der Waals surface area contributed by atoms with E-state index in [2.05, 4.69) is 10.4 Å². The number of hydrogen-bond donors (Lipinski definition) is 1. The highest BCUT2D eigenvalue weighted by Gasteiger charge is 2.19. The van der Waals surface area contributed by atoms with Crippen molar-refractivity contribution in [3.63, 3.8) is 0 Å². The minimum atomic E-state index is -0.635. The van der Waals surface area contributed by atoms with Gasteiger partial charge in [0.25, 0.3) is 0 Å². The van der Waals surface area contributed by atoms with Gasteiger partial charge in [-0.3, -0.25) is 9.59 Å². The van der Waals surface area contributed by atoms with E-state index < -0.39 is 5.97 Å². The summed E-state index contributed by atoms with van der Waals surface area (Å²) in [5.41, 5.74) is 0.0530. The molecule has 1 aromatic heterocycles. The molecule has 1 N–H and O–H groups in total. The Morgan fingerprint density at radius 1 is 1.41 bits per heavy atom. The maximum Gasteiger partial charge on any atom is 0.343 e. The number of hydrogen-bond acceptors (Lipinski definition) is 5. The summed E-state index contributed by atoms with van der Waals surface area (Å²) in [6.07, 6.45) is 1.23. The predicted molar refractivity (Wildman–Crippen MR) is 58.8 cm³/mol. The third kappa shape index (κ3) is 3.13. The molecule has 0 atom stereocenters. The van der Waals surface area contributed by atoms with Crippen LogP contribution in [0.25, 0.3) is 0 Å². The average Bonchev–Trinajstić information content (AvgIpc) is 2.61. The third-order valence-electron chi connectivity index (χ3n) is 1.83. The van der Waals surface area contributed by atoms with Crippen molar-refractivity contribution in [3.05, 3.63) is 11.8 Å². The first-order valence-electron chi connectivity index (χ1n) is 5.01. The highest BCUT2D eigenvalue weighted by Crippen LogP contribution is 2.14. The van der Waals surface area contributed by atoms with E-state index in [9.17, 15) is 14.4 Å². The number of carbonyl (C=O) groups is 3. The van der Waals surface area contributed by atoms with Gasteiger partial charge >= 0.3 is 5.97 Å². The summed E-state index contributed by atoms with van der Waals surface area (Å²) in [7, 11) is 0. The first kappa shape index (κ1) is 12.9. The van der Waals surface area contributed by atoms with Crippen LogP contribution in [0.5, 0.6) is 0 Å². The lowest BCUT2D eigenvalue weighted by molar-refractivity contribution is -0.114. The van der Waals surface area contributed by atoms with E-state index in [1.54, 1.807) is 6.92 Å². The Morgan fingerprint density at radius 2 is 2.06 bits per heavy atom. The quantitative estimate of drug-likeness (QED) is 0.783. The lowest BCUT2D eigenvalue weighted by Gasteiger charge is -2.01. The summed E-state index contributed by atoms with van der Waals surface area (Å²) in [4.78, 5) is 33.6. The van der Waals surface area contributed by atoms with E-state index in [0.29, 0.717) is 0 Å². The molecule has 0 bridgehead atoms. The van der Waals surface area contributed by atoms with Gasteiger partial charge in [0.1, 0.15) is 5.56 Å². The molecule has 0 saturated carbocycles. The maximum atomic E-state index is 11.5. The van der Waals surface area contributed by atoms with Gasteiger partial charge in [0, 0.05) is 13.8 Å². The highest BCUT2D eigenvalue weighted by molar-refractivity contribution is 6.00. The number of carbonyl (C=O) groups excluding carboxylic acids is 3. The van der Waals surface area contributed by atoms with E-state index >= 15 is 0 Å². The van der Waals surface area contributed by atoms with Crippen molar-refractivity contribution in [3.8, 4) is 0 Å². The summed E-state index contributed by atoms with van der Waals surface area (Å²) >= 11 is 0. The SMILES string of the molecule is CCOC(=O)c1cn(C(C)=O)nc1NC(C)=O. The van der Waals surface area contributed by atoms with E-state index in [4.69, 9.17) is 4.74 Å². The minimum absolute atomic E-state index is 0.0196. The van der Waals surface area contributed by atoms with Gasteiger partial charge in [-0.1, -0.05) is 0 Å². The van der Waals surface area contributed by atoms with Crippen LogP contribution < -0.4 is 5.32 Å². The van der Waals surface area contributed by atoms with E-state index in [1.807, 2.05) is 0 Å². The number of amides is 1. The molecule has 0 aliphatic heterocycles. The average molecular weight is 239 g/mol. The van der Waals surface area contributed by atoms with Crippen molar-refractivity contribution in [1.82, 2.24) is 9.78 Å². The van der Waals surface area contributed by atoms with Crippen LogP contribution in [0.1, 0.15) is 35.9 Å². The van der Waals surface area contributed by atoms with Crippen LogP contribution in [0.4, 0.5) is 5.82 Å². The maximum absolute atomic E-state index is 11.5. The number of nitrogens with one attached hydrogen (secondary N) is 1. The van der Waals surface area contributed by atoms with Gasteiger partial charge < -0.3 is 10.1 Å². The molecule has 1 rings (SSSR count). The highest BCUT2D eigenvalue weighted by atomic mass is 16.5. The Bertz CT molecular complexity index is 464. The molecule has 92 valence electrons. The smallest absolute Gasteiger partial charge is 0.343 e. The molecule has 0 aliphatic rings. The van der Waals surface area contributed by atoms with E-state index in [0.717, 1.165) is 4.68 Å². The predicted octanol–water partition coefficient (Wildman–Crippen LogP) is 0.678. The Labute approximate surface area is 97.7 Å². The fraction of sp³-hybridized carbons (Fsp3) is 0.400. The monoisotopic (exact) mass is 239 g/mol. The molecule has 1 heterocycles. The molecule has 17 heavy (non-hydrogen) atoms. The van der Waals surface area contributed by atoms with E-state index in [1.165, 1.54) is 20.0 Å². The fourth-order valence-corrected chi connectivity index (χ4v) is 1.15. The molecule has 0 spiro atoms. The van der Waals surface area contributed by atoms with Gasteiger partial charge in [-0.05, 0) is 6.92 Å². The van der Waals surface area contributed by atoms with Crippen LogP contribution in [0.15, 0.2) is 6.20 Å². The van der Waals surface area contributed by atoms with Crippen molar-refractivity contribution < 1.29 is 19.1 Å². The van der Waals surface area contributed by atoms with Crippen LogP contribution in [0.3, 0.4) is 0 Å². The third-order valence-corrected chi connectivity index (χ3v) is 1.83. The molecule has 7 heteroatoms. The molecular formula is C10H13N3O4. The summed E-state index contributed by atoms with van der Waals surface area (Å²) in [5.74, 6) is -1.37. The van der Waals surface area contributed by atoms with Crippen LogP contribution in [-0.4, -0.2) is 34.2 Å². The van der Waals surface area contributed by atoms with Crippen LogP contribution in [-0.2, 0) is 9.53 Å². The van der Waals surface area contributed by atoms with E-state index in [-0.39, 0.29) is 29.8 Å². The fourth-order valence-electron chi connectivity index (χ4n) is 1.15. The summed E-state index contributed by atoms with van der Waals surface area (Å²) in [6, 6.07) is 0. The van der Waals surface area contributed by atoms with Crippen LogP contribution in [0.2, 0.25) is 0 Å². The normalized spacial score (nSPS) is 9.82. The van der Waals surface area contributed by atoms with Crippen LogP contribution in [0, 0.1) is 0 Å². The molecule has 0 fully saturated rings. The summed E-state index contributed by atoms with van der Waals surface area (Å²) < 4.78 is 5.76. The molecule has 0 aliphatic carbocycles. The first-order valence-corrected chi connectivity index (χ1v) is 5.01. The second-order valence-corrected chi connectivity index (χ2v) is 3.26. The zero-order chi connectivity index (χ0) is 13.0. The van der Waals surface area contributed by atoms with Gasteiger partial charge in [0.15, 0.2) is 5.82 Å². The number of anilines is 1. The molecule has 0 radical (unpaired) electrons. The molecule has 1 amide bonds. The second kappa shape index (κ2) is 5.24. The Hall–Kier alpha value is -2.18.